The van der Waals surface area contributed by atoms with Crippen LogP contribution in [0.1, 0.15) is 28.0 Å². The Labute approximate surface area is 151 Å². The minimum absolute atomic E-state index is 0.0567. The number of thiophene rings is 1. The molecule has 0 aliphatic carbocycles. The zero-order valence-corrected chi connectivity index (χ0v) is 14.9. The number of nitro groups is 1. The Bertz CT molecular complexity index is 907. The van der Waals surface area contributed by atoms with E-state index in [1.54, 1.807) is 11.8 Å². The van der Waals surface area contributed by atoms with Crippen LogP contribution in [0.15, 0.2) is 36.5 Å². The van der Waals surface area contributed by atoms with Crippen LogP contribution in [-0.2, 0) is 0 Å². The van der Waals surface area contributed by atoms with Crippen LogP contribution in [0.3, 0.4) is 0 Å². The Morgan fingerprint density at radius 2 is 2.24 bits per heavy atom. The van der Waals surface area contributed by atoms with E-state index in [2.05, 4.69) is 15.5 Å². The van der Waals surface area contributed by atoms with Crippen molar-refractivity contribution in [1.82, 2.24) is 19.9 Å². The highest BCUT2D eigenvalue weighted by atomic mass is 32.2. The van der Waals surface area contributed by atoms with Gasteiger partial charge >= 0.3 is 5.00 Å². The number of hydrogen-bond acceptors (Lipinski definition) is 7. The van der Waals surface area contributed by atoms with Crippen LogP contribution in [0, 0.1) is 10.1 Å². The van der Waals surface area contributed by atoms with Gasteiger partial charge in [-0.15, -0.1) is 10.2 Å². The van der Waals surface area contributed by atoms with Crippen molar-refractivity contribution in [3.8, 4) is 0 Å². The molecule has 3 rings (SSSR count). The molecule has 8 nitrogen and oxygen atoms in total. The monoisotopic (exact) mass is 377 g/mol. The Hall–Kier alpha value is -2.46. The van der Waals surface area contributed by atoms with E-state index in [0.717, 1.165) is 17.1 Å². The van der Waals surface area contributed by atoms with Gasteiger partial charge in [-0.3, -0.25) is 19.3 Å². The van der Waals surface area contributed by atoms with Crippen LogP contribution in [0.25, 0.3) is 5.65 Å². The number of fused-ring (bicyclic) bond motifs is 1. The van der Waals surface area contributed by atoms with Crippen molar-refractivity contribution < 1.29 is 9.72 Å². The Kier molecular flexibility index (Phi) is 5.29. The molecule has 0 saturated heterocycles. The molecule has 0 saturated carbocycles. The molecule has 3 heterocycles. The maximum Gasteiger partial charge on any atom is 0.324 e. The van der Waals surface area contributed by atoms with E-state index in [0.29, 0.717) is 22.8 Å². The molecule has 10 heteroatoms. The quantitative estimate of drug-likeness (QED) is 0.502. The van der Waals surface area contributed by atoms with Crippen LogP contribution < -0.4 is 5.32 Å². The molecule has 1 amide bonds. The lowest BCUT2D eigenvalue weighted by Gasteiger charge is -2.16. The summed E-state index contributed by atoms with van der Waals surface area (Å²) in [6.07, 6.45) is 4.51. The minimum atomic E-state index is -0.501. The van der Waals surface area contributed by atoms with Gasteiger partial charge in [0.05, 0.1) is 15.8 Å². The lowest BCUT2D eigenvalue weighted by molar-refractivity contribution is -0.380. The molecule has 0 bridgehead atoms. The van der Waals surface area contributed by atoms with Crippen LogP contribution in [0.5, 0.6) is 0 Å². The van der Waals surface area contributed by atoms with E-state index in [-0.39, 0.29) is 17.0 Å². The standard InChI is InChI=1S/C15H15N5O3S2/c1-24-9-7-10(14-18-17-12-4-2-3-8-19(12)14)16-15(21)11-5-6-13(25-11)20(22)23/h2-6,8,10H,7,9H2,1H3,(H,16,21). The maximum atomic E-state index is 12.5. The van der Waals surface area contributed by atoms with Gasteiger partial charge in [0.1, 0.15) is 0 Å². The van der Waals surface area contributed by atoms with Crippen molar-refractivity contribution in [3.63, 3.8) is 0 Å². The molecule has 0 aliphatic heterocycles. The molecule has 0 aromatic carbocycles. The predicted molar refractivity (Wildman–Crippen MR) is 97.2 cm³/mol. The molecule has 1 unspecified atom stereocenters. The number of pyridine rings is 1. The van der Waals surface area contributed by atoms with E-state index >= 15 is 0 Å². The first-order valence-electron chi connectivity index (χ1n) is 7.44. The zero-order chi connectivity index (χ0) is 17.8. The molecule has 1 N–H and O–H groups in total. The molecule has 0 fully saturated rings. The number of carbonyl (C=O) groups is 1. The smallest absolute Gasteiger partial charge is 0.324 e. The number of rotatable bonds is 7. The SMILES string of the molecule is CSCCC(NC(=O)c1ccc([N+](=O)[O-])s1)c1nnc2ccccn12. The van der Waals surface area contributed by atoms with Crippen LogP contribution in [0.4, 0.5) is 5.00 Å². The summed E-state index contributed by atoms with van der Waals surface area (Å²) in [5.41, 5.74) is 0.702. The van der Waals surface area contributed by atoms with Crippen molar-refractivity contribution in [2.75, 3.05) is 12.0 Å². The number of nitrogens with one attached hydrogen (secondary N) is 1. The number of hydrogen-bond donors (Lipinski definition) is 1. The summed E-state index contributed by atoms with van der Waals surface area (Å²) in [4.78, 5) is 23.1. The topological polar surface area (TPSA) is 102 Å². The third-order valence-corrected chi connectivity index (χ3v) is 5.24. The number of nitrogens with zero attached hydrogens (tertiary/aromatic N) is 4. The Balaban J connectivity index is 1.85. The zero-order valence-electron chi connectivity index (χ0n) is 13.3. The number of carbonyl (C=O) groups excluding carboxylic acids is 1. The second-order valence-electron chi connectivity index (χ2n) is 5.19. The minimum Gasteiger partial charge on any atom is -0.341 e. The fourth-order valence-electron chi connectivity index (χ4n) is 2.38. The first-order valence-corrected chi connectivity index (χ1v) is 9.65. The van der Waals surface area contributed by atoms with Crippen molar-refractivity contribution >= 4 is 39.7 Å². The van der Waals surface area contributed by atoms with Gasteiger partial charge in [-0.2, -0.15) is 11.8 Å². The van der Waals surface area contributed by atoms with Crippen LogP contribution >= 0.6 is 23.1 Å². The third-order valence-electron chi connectivity index (χ3n) is 3.56. The van der Waals surface area contributed by atoms with Gasteiger partial charge in [0.15, 0.2) is 11.5 Å². The number of thioether (sulfide) groups is 1. The summed E-state index contributed by atoms with van der Waals surface area (Å²) in [5.74, 6) is 1.12. The molecule has 25 heavy (non-hydrogen) atoms. The third kappa shape index (κ3) is 3.80. The average molecular weight is 377 g/mol. The largest absolute Gasteiger partial charge is 0.341 e. The highest BCUT2D eigenvalue weighted by Crippen LogP contribution is 2.25. The molecular weight excluding hydrogens is 362 g/mol. The van der Waals surface area contributed by atoms with Gasteiger partial charge in [-0.1, -0.05) is 17.4 Å². The van der Waals surface area contributed by atoms with E-state index in [4.69, 9.17) is 0 Å². The van der Waals surface area contributed by atoms with Gasteiger partial charge < -0.3 is 5.32 Å². The summed E-state index contributed by atoms with van der Waals surface area (Å²) in [5, 5.41) is 22.0. The molecule has 0 spiro atoms. The lowest BCUT2D eigenvalue weighted by atomic mass is 10.2. The van der Waals surface area contributed by atoms with E-state index < -0.39 is 4.92 Å². The second kappa shape index (κ2) is 7.62. The van der Waals surface area contributed by atoms with E-state index in [9.17, 15) is 14.9 Å². The van der Waals surface area contributed by atoms with Gasteiger partial charge in [0.25, 0.3) is 5.91 Å². The molecule has 3 aromatic rings. The highest BCUT2D eigenvalue weighted by molar-refractivity contribution is 7.98. The molecular formula is C15H15N5O3S2. The van der Waals surface area contributed by atoms with Gasteiger partial charge in [0.2, 0.25) is 0 Å². The van der Waals surface area contributed by atoms with Crippen LogP contribution in [-0.4, -0.2) is 37.4 Å². The summed E-state index contributed by atoms with van der Waals surface area (Å²) in [6, 6.07) is 8.05. The first kappa shape index (κ1) is 17.4. The summed E-state index contributed by atoms with van der Waals surface area (Å²) < 4.78 is 1.84. The fraction of sp³-hybridized carbons (Fsp3) is 0.267. The Morgan fingerprint density at radius 3 is 2.96 bits per heavy atom. The van der Waals surface area contributed by atoms with Gasteiger partial charge in [-0.25, -0.2) is 0 Å². The lowest BCUT2D eigenvalue weighted by Crippen LogP contribution is -2.29. The molecule has 0 aliphatic rings. The number of aromatic nitrogens is 3. The summed E-state index contributed by atoms with van der Waals surface area (Å²) in [7, 11) is 0. The van der Waals surface area contributed by atoms with Crippen LogP contribution in [0.2, 0.25) is 0 Å². The molecule has 3 aromatic heterocycles. The molecule has 130 valence electrons. The maximum absolute atomic E-state index is 12.5. The molecule has 1 atom stereocenters. The average Bonchev–Trinajstić information content (AvgIpc) is 3.25. The van der Waals surface area contributed by atoms with E-state index in [1.165, 1.54) is 12.1 Å². The number of amides is 1. The van der Waals surface area contributed by atoms with Gasteiger partial charge in [0, 0.05) is 12.3 Å². The first-order chi connectivity index (χ1) is 12.1. The van der Waals surface area contributed by atoms with Crippen molar-refractivity contribution in [2.45, 2.75) is 12.5 Å². The van der Waals surface area contributed by atoms with Crippen molar-refractivity contribution in [2.24, 2.45) is 0 Å². The predicted octanol–water partition coefficient (Wildman–Crippen LogP) is 2.92. The van der Waals surface area contributed by atoms with Crippen molar-refractivity contribution in [3.05, 3.63) is 57.3 Å². The second-order valence-corrected chi connectivity index (χ2v) is 7.24. The molecule has 0 radical (unpaired) electrons. The normalized spacial score (nSPS) is 12.2. The summed E-state index contributed by atoms with van der Waals surface area (Å²) >= 11 is 2.52. The van der Waals surface area contributed by atoms with Crippen molar-refractivity contribution in [1.29, 1.82) is 0 Å². The van der Waals surface area contributed by atoms with E-state index in [1.807, 2.05) is 35.1 Å². The Morgan fingerprint density at radius 1 is 1.40 bits per heavy atom. The highest BCUT2D eigenvalue weighted by Gasteiger charge is 2.23. The van der Waals surface area contributed by atoms with Gasteiger partial charge in [-0.05, 0) is 36.6 Å². The summed E-state index contributed by atoms with van der Waals surface area (Å²) in [6.45, 7) is 0. The fourth-order valence-corrected chi connectivity index (χ4v) is 3.57.